The maximum atomic E-state index is 11.9. The van der Waals surface area contributed by atoms with Crippen molar-refractivity contribution in [1.29, 1.82) is 0 Å². The van der Waals surface area contributed by atoms with Crippen LogP contribution in [-0.2, 0) is 35.4 Å². The van der Waals surface area contributed by atoms with Crippen molar-refractivity contribution in [2.45, 2.75) is 45.6 Å². The maximum absolute atomic E-state index is 11.9. The zero-order chi connectivity index (χ0) is 26.9. The van der Waals surface area contributed by atoms with E-state index >= 15 is 0 Å². The minimum atomic E-state index is -0.146. The molecular formula is C35H35NO3. The fourth-order valence-electron chi connectivity index (χ4n) is 4.96. The summed E-state index contributed by atoms with van der Waals surface area (Å²) in [6.45, 7) is 2.81. The molecule has 0 saturated carbocycles. The molecule has 4 aromatic carbocycles. The number of hydrogen-bond acceptors (Lipinski definition) is 3. The smallest absolute Gasteiger partial charge is 0.306 e. The Hall–Kier alpha value is -4.31. The first-order chi connectivity index (χ1) is 19.2. The molecule has 0 aliphatic rings. The van der Waals surface area contributed by atoms with E-state index < -0.39 is 0 Å². The molecule has 5 rings (SSSR count). The van der Waals surface area contributed by atoms with Crippen LogP contribution >= 0.6 is 0 Å². The highest BCUT2D eigenvalue weighted by molar-refractivity contribution is 5.86. The van der Waals surface area contributed by atoms with E-state index in [4.69, 9.17) is 9.47 Å². The predicted molar refractivity (Wildman–Crippen MR) is 157 cm³/mol. The first kappa shape index (κ1) is 26.3. The molecule has 0 aliphatic carbocycles. The number of carbonyl (C=O) groups excluding carboxylic acids is 1. The minimum Gasteiger partial charge on any atom is -0.489 e. The number of fused-ring (bicyclic) bond motifs is 1. The Bertz CT molecular complexity index is 1490. The van der Waals surface area contributed by atoms with Gasteiger partial charge in [-0.2, -0.15) is 0 Å². The highest BCUT2D eigenvalue weighted by atomic mass is 16.5. The summed E-state index contributed by atoms with van der Waals surface area (Å²) in [5.74, 6) is 0.705. The number of carbonyl (C=O) groups is 1. The van der Waals surface area contributed by atoms with Crippen LogP contribution in [0.2, 0.25) is 0 Å². The molecule has 0 amide bonds. The molecule has 0 bridgehead atoms. The molecule has 1 aromatic heterocycles. The summed E-state index contributed by atoms with van der Waals surface area (Å²) in [5.41, 5.74) is 7.26. The average molecular weight is 518 g/mol. The Kier molecular flexibility index (Phi) is 8.75. The van der Waals surface area contributed by atoms with Crippen molar-refractivity contribution in [2.24, 2.45) is 0 Å². The quantitative estimate of drug-likeness (QED) is 0.158. The second-order valence-electron chi connectivity index (χ2n) is 9.79. The van der Waals surface area contributed by atoms with Gasteiger partial charge in [0, 0.05) is 23.7 Å². The van der Waals surface area contributed by atoms with Gasteiger partial charge in [0.1, 0.15) is 12.4 Å². The van der Waals surface area contributed by atoms with Crippen molar-refractivity contribution >= 4 is 16.9 Å². The number of esters is 1. The SMILES string of the molecule is CCOC(=O)CCc1ccc2c(c1)c(CCCc1ccccc1)cn2-c1ccc(OCc2ccccc2)cc1. The van der Waals surface area contributed by atoms with Gasteiger partial charge in [-0.3, -0.25) is 4.79 Å². The van der Waals surface area contributed by atoms with Crippen LogP contribution < -0.4 is 4.74 Å². The van der Waals surface area contributed by atoms with E-state index in [1.807, 2.05) is 37.3 Å². The third-order valence-electron chi connectivity index (χ3n) is 6.99. The molecule has 0 unspecified atom stereocenters. The minimum absolute atomic E-state index is 0.146. The molecule has 39 heavy (non-hydrogen) atoms. The van der Waals surface area contributed by atoms with Gasteiger partial charge in [0.2, 0.25) is 0 Å². The van der Waals surface area contributed by atoms with Crippen LogP contribution in [0.1, 0.15) is 42.0 Å². The summed E-state index contributed by atoms with van der Waals surface area (Å²) in [7, 11) is 0. The first-order valence-electron chi connectivity index (χ1n) is 13.8. The van der Waals surface area contributed by atoms with E-state index in [9.17, 15) is 4.79 Å². The Morgan fingerprint density at radius 1 is 0.744 bits per heavy atom. The maximum Gasteiger partial charge on any atom is 0.306 e. The van der Waals surface area contributed by atoms with Crippen LogP contribution in [0.15, 0.2) is 109 Å². The Morgan fingerprint density at radius 2 is 1.46 bits per heavy atom. The van der Waals surface area contributed by atoms with Gasteiger partial charge < -0.3 is 14.0 Å². The van der Waals surface area contributed by atoms with Gasteiger partial charge in [0.25, 0.3) is 0 Å². The van der Waals surface area contributed by atoms with E-state index in [-0.39, 0.29) is 5.97 Å². The summed E-state index contributed by atoms with van der Waals surface area (Å²) in [5, 5.41) is 1.24. The Balaban J connectivity index is 1.36. The van der Waals surface area contributed by atoms with Crippen molar-refractivity contribution in [3.05, 3.63) is 132 Å². The van der Waals surface area contributed by atoms with Crippen LogP contribution in [0, 0.1) is 0 Å². The van der Waals surface area contributed by atoms with Crippen molar-refractivity contribution in [3.63, 3.8) is 0 Å². The van der Waals surface area contributed by atoms with E-state index in [2.05, 4.69) is 83.6 Å². The fourth-order valence-corrected chi connectivity index (χ4v) is 4.96. The van der Waals surface area contributed by atoms with Crippen molar-refractivity contribution in [1.82, 2.24) is 4.57 Å². The third-order valence-corrected chi connectivity index (χ3v) is 6.99. The van der Waals surface area contributed by atoms with Crippen molar-refractivity contribution in [2.75, 3.05) is 6.61 Å². The van der Waals surface area contributed by atoms with Crippen molar-refractivity contribution in [3.8, 4) is 11.4 Å². The highest BCUT2D eigenvalue weighted by Gasteiger charge is 2.12. The molecule has 0 spiro atoms. The van der Waals surface area contributed by atoms with Gasteiger partial charge in [0.05, 0.1) is 12.1 Å². The molecule has 0 aliphatic heterocycles. The standard InChI is InChI=1S/C35H35NO3/c1-2-38-35(37)23-17-28-16-22-34-33(24-28)30(15-9-14-27-10-5-3-6-11-27)25-36(34)31-18-20-32(21-19-31)39-26-29-12-7-4-8-13-29/h3-8,10-13,16,18-22,24-25H,2,9,14-15,17,23,26H2,1H3. The van der Waals surface area contributed by atoms with Crippen LogP contribution in [-0.4, -0.2) is 17.1 Å². The Morgan fingerprint density at radius 3 is 2.18 bits per heavy atom. The van der Waals surface area contributed by atoms with E-state index in [1.54, 1.807) is 0 Å². The predicted octanol–water partition coefficient (Wildman–Crippen LogP) is 7.88. The number of nitrogens with zero attached hydrogens (tertiary/aromatic N) is 1. The average Bonchev–Trinajstić information content (AvgIpc) is 3.34. The van der Waals surface area contributed by atoms with Crippen LogP contribution in [0.4, 0.5) is 0 Å². The molecule has 0 saturated heterocycles. The molecule has 0 fully saturated rings. The lowest BCUT2D eigenvalue weighted by molar-refractivity contribution is -0.143. The van der Waals surface area contributed by atoms with E-state index in [0.717, 1.165) is 41.8 Å². The number of hydrogen-bond donors (Lipinski definition) is 0. The molecule has 0 N–H and O–H groups in total. The highest BCUT2D eigenvalue weighted by Crippen LogP contribution is 2.29. The zero-order valence-electron chi connectivity index (χ0n) is 22.5. The molecular weight excluding hydrogens is 482 g/mol. The summed E-state index contributed by atoms with van der Waals surface area (Å²) >= 11 is 0. The van der Waals surface area contributed by atoms with Crippen LogP contribution in [0.5, 0.6) is 5.75 Å². The molecule has 5 aromatic rings. The molecule has 1 heterocycles. The first-order valence-corrected chi connectivity index (χ1v) is 13.8. The van der Waals surface area contributed by atoms with Gasteiger partial charge in [-0.15, -0.1) is 0 Å². The second-order valence-corrected chi connectivity index (χ2v) is 9.79. The van der Waals surface area contributed by atoms with Crippen molar-refractivity contribution < 1.29 is 14.3 Å². The number of aryl methyl sites for hydroxylation is 3. The molecule has 0 radical (unpaired) electrons. The van der Waals surface area contributed by atoms with Gasteiger partial charge in [-0.1, -0.05) is 66.7 Å². The molecule has 4 nitrogen and oxygen atoms in total. The number of benzene rings is 4. The van der Waals surface area contributed by atoms with Crippen LogP contribution in [0.25, 0.3) is 16.6 Å². The summed E-state index contributed by atoms with van der Waals surface area (Å²) in [6, 6.07) is 35.7. The summed E-state index contributed by atoms with van der Waals surface area (Å²) < 4.78 is 13.4. The molecule has 0 atom stereocenters. The lowest BCUT2D eigenvalue weighted by Crippen LogP contribution is -2.05. The van der Waals surface area contributed by atoms with Gasteiger partial charge >= 0.3 is 5.97 Å². The number of ether oxygens (including phenoxy) is 2. The van der Waals surface area contributed by atoms with Gasteiger partial charge in [0.15, 0.2) is 0 Å². The summed E-state index contributed by atoms with van der Waals surface area (Å²) in [6.07, 6.45) is 6.44. The monoisotopic (exact) mass is 517 g/mol. The topological polar surface area (TPSA) is 40.5 Å². The van der Waals surface area contributed by atoms with E-state index in [1.165, 1.54) is 22.0 Å². The normalized spacial score (nSPS) is 11.0. The number of aromatic nitrogens is 1. The zero-order valence-corrected chi connectivity index (χ0v) is 22.5. The largest absolute Gasteiger partial charge is 0.489 e. The van der Waals surface area contributed by atoms with Gasteiger partial charge in [-0.25, -0.2) is 0 Å². The Labute approximate surface area is 230 Å². The fraction of sp³-hybridized carbons (Fsp3) is 0.229. The van der Waals surface area contributed by atoms with E-state index in [0.29, 0.717) is 26.1 Å². The molecule has 4 heteroatoms. The number of rotatable bonds is 12. The second kappa shape index (κ2) is 13.0. The summed E-state index contributed by atoms with van der Waals surface area (Å²) in [4.78, 5) is 11.9. The lowest BCUT2D eigenvalue weighted by atomic mass is 10.0. The van der Waals surface area contributed by atoms with Crippen LogP contribution in [0.3, 0.4) is 0 Å². The lowest BCUT2D eigenvalue weighted by Gasteiger charge is -2.09. The van der Waals surface area contributed by atoms with Gasteiger partial charge in [-0.05, 0) is 91.3 Å². The third kappa shape index (κ3) is 6.97. The molecule has 198 valence electrons.